The number of rotatable bonds is 2. The molecule has 5 unspecified atom stereocenters. The van der Waals surface area contributed by atoms with Crippen LogP contribution in [0.15, 0.2) is 89.5 Å². The fraction of sp³-hybridized carbons (Fsp3) is 0.400. The Balaban J connectivity index is 1.67. The topological polar surface area (TPSA) is 0 Å². The Morgan fingerprint density at radius 3 is 2.35 bits per heavy atom. The molecule has 0 saturated heterocycles. The first-order valence-electron chi connectivity index (χ1n) is 12.1. The molecule has 2 aromatic rings. The number of alkyl halides is 1. The second-order valence-electron chi connectivity index (χ2n) is 10.0. The highest BCUT2D eigenvalue weighted by Gasteiger charge is 2.58. The Morgan fingerprint density at radius 1 is 0.774 bits per heavy atom. The molecule has 0 bridgehead atoms. The minimum absolute atomic E-state index is 0.129. The maximum atomic E-state index is 3.99. The molecular formula is C30H31Br. The Bertz CT molecular complexity index is 1070. The van der Waals surface area contributed by atoms with Crippen LogP contribution in [0, 0.1) is 24.7 Å². The highest BCUT2D eigenvalue weighted by atomic mass is 79.9. The molecule has 0 amide bonds. The van der Waals surface area contributed by atoms with Gasteiger partial charge in [0.15, 0.2) is 0 Å². The first kappa shape index (κ1) is 19.8. The lowest BCUT2D eigenvalue weighted by Gasteiger charge is -2.40. The molecule has 0 radical (unpaired) electrons. The van der Waals surface area contributed by atoms with Gasteiger partial charge in [-0.2, -0.15) is 0 Å². The largest absolute Gasteiger partial charge is 0.0845 e. The SMILES string of the molecule is Cc1ccc(C2(c3ccccc3)C3=CC(Br)CCC3C3C2=CC=C2CCCCC23)cc1. The first-order valence-corrected chi connectivity index (χ1v) is 13.0. The zero-order valence-electron chi connectivity index (χ0n) is 18.4. The molecule has 6 rings (SSSR count). The summed E-state index contributed by atoms with van der Waals surface area (Å²) in [6.45, 7) is 2.20. The predicted octanol–water partition coefficient (Wildman–Crippen LogP) is 8.07. The molecule has 4 aliphatic carbocycles. The van der Waals surface area contributed by atoms with Crippen LogP contribution in [0.25, 0.3) is 0 Å². The van der Waals surface area contributed by atoms with Gasteiger partial charge in [0, 0.05) is 4.83 Å². The maximum absolute atomic E-state index is 3.99. The minimum atomic E-state index is -0.129. The van der Waals surface area contributed by atoms with E-state index < -0.39 is 0 Å². The summed E-state index contributed by atoms with van der Waals surface area (Å²) in [7, 11) is 0. The standard InChI is InChI=1S/C30H31Br/c1-20-11-14-23(15-12-20)30(22-8-3-2-4-9-22)27-18-13-21-7-5-6-10-25(21)29(27)26-17-16-24(31)19-28(26)30/h2-4,8-9,11-15,18-19,24-26,29H,5-7,10,16-17H2,1H3. The lowest BCUT2D eigenvalue weighted by atomic mass is 9.63. The molecule has 0 heterocycles. The van der Waals surface area contributed by atoms with Gasteiger partial charge in [-0.05, 0) is 73.5 Å². The number of halogens is 1. The molecule has 4 aliphatic rings. The summed E-state index contributed by atoms with van der Waals surface area (Å²) < 4.78 is 0. The summed E-state index contributed by atoms with van der Waals surface area (Å²) in [5.41, 5.74) is 9.15. The third-order valence-electron chi connectivity index (χ3n) is 8.48. The zero-order chi connectivity index (χ0) is 21.0. The van der Waals surface area contributed by atoms with Crippen molar-refractivity contribution in [1.82, 2.24) is 0 Å². The number of hydrogen-bond donors (Lipinski definition) is 0. The quantitative estimate of drug-likeness (QED) is 0.307. The van der Waals surface area contributed by atoms with Crippen LogP contribution in [0.1, 0.15) is 55.2 Å². The van der Waals surface area contributed by atoms with Crippen LogP contribution in [-0.4, -0.2) is 4.83 Å². The first-order chi connectivity index (χ1) is 15.2. The Labute approximate surface area is 195 Å². The number of fused-ring (bicyclic) bond motifs is 5. The predicted molar refractivity (Wildman–Crippen MR) is 134 cm³/mol. The van der Waals surface area contributed by atoms with E-state index in [1.54, 1.807) is 16.7 Å². The fourth-order valence-corrected chi connectivity index (χ4v) is 7.79. The van der Waals surface area contributed by atoms with Crippen LogP contribution in [0.4, 0.5) is 0 Å². The lowest BCUT2D eigenvalue weighted by molar-refractivity contribution is 0.284. The van der Waals surface area contributed by atoms with E-state index >= 15 is 0 Å². The second-order valence-corrected chi connectivity index (χ2v) is 11.2. The average molecular weight is 471 g/mol. The highest BCUT2D eigenvalue weighted by molar-refractivity contribution is 9.09. The number of aryl methyl sites for hydroxylation is 1. The van der Waals surface area contributed by atoms with Crippen molar-refractivity contribution in [2.75, 3.05) is 0 Å². The smallest absolute Gasteiger partial charge is 0.0630 e. The van der Waals surface area contributed by atoms with Gasteiger partial charge in [-0.25, -0.2) is 0 Å². The van der Waals surface area contributed by atoms with E-state index in [4.69, 9.17) is 0 Å². The molecule has 5 atom stereocenters. The van der Waals surface area contributed by atoms with Crippen molar-refractivity contribution >= 4 is 15.9 Å². The van der Waals surface area contributed by atoms with E-state index in [2.05, 4.69) is 95.7 Å². The molecule has 2 aromatic carbocycles. The van der Waals surface area contributed by atoms with E-state index in [0.29, 0.717) is 16.7 Å². The zero-order valence-corrected chi connectivity index (χ0v) is 19.9. The third-order valence-corrected chi connectivity index (χ3v) is 9.20. The summed E-state index contributed by atoms with van der Waals surface area (Å²) in [4.78, 5) is 0.479. The molecule has 2 fully saturated rings. The van der Waals surface area contributed by atoms with Crippen LogP contribution in [0.2, 0.25) is 0 Å². The Hall–Kier alpha value is -1.86. The van der Waals surface area contributed by atoms with Gasteiger partial charge >= 0.3 is 0 Å². The van der Waals surface area contributed by atoms with Crippen molar-refractivity contribution < 1.29 is 0 Å². The van der Waals surface area contributed by atoms with Crippen LogP contribution < -0.4 is 0 Å². The summed E-state index contributed by atoms with van der Waals surface area (Å²) in [5, 5.41) is 0. The van der Waals surface area contributed by atoms with Gasteiger partial charge < -0.3 is 0 Å². The number of benzene rings is 2. The van der Waals surface area contributed by atoms with Crippen molar-refractivity contribution in [2.45, 2.75) is 55.7 Å². The van der Waals surface area contributed by atoms with Crippen molar-refractivity contribution in [1.29, 1.82) is 0 Å². The Morgan fingerprint density at radius 2 is 1.55 bits per heavy atom. The van der Waals surface area contributed by atoms with Crippen LogP contribution >= 0.6 is 15.9 Å². The average Bonchev–Trinajstić information content (AvgIpc) is 3.11. The maximum Gasteiger partial charge on any atom is 0.0630 e. The molecule has 31 heavy (non-hydrogen) atoms. The molecule has 0 N–H and O–H groups in total. The summed E-state index contributed by atoms with van der Waals surface area (Å²) in [6, 6.07) is 20.8. The molecule has 158 valence electrons. The van der Waals surface area contributed by atoms with Gasteiger partial charge in [-0.15, -0.1) is 0 Å². The van der Waals surface area contributed by atoms with Crippen molar-refractivity contribution in [2.24, 2.45) is 17.8 Å². The Kier molecular flexibility index (Phi) is 4.87. The monoisotopic (exact) mass is 470 g/mol. The van der Waals surface area contributed by atoms with E-state index in [9.17, 15) is 0 Å². The van der Waals surface area contributed by atoms with Crippen LogP contribution in [0.5, 0.6) is 0 Å². The number of allylic oxidation sites excluding steroid dienone is 6. The van der Waals surface area contributed by atoms with Gasteiger partial charge in [0.25, 0.3) is 0 Å². The van der Waals surface area contributed by atoms with Crippen LogP contribution in [0.3, 0.4) is 0 Å². The van der Waals surface area contributed by atoms with Gasteiger partial charge in [-0.1, -0.05) is 112 Å². The highest BCUT2D eigenvalue weighted by Crippen LogP contribution is 2.65. The fourth-order valence-electron chi connectivity index (χ4n) is 7.24. The van der Waals surface area contributed by atoms with E-state index in [1.165, 1.54) is 55.2 Å². The molecule has 2 saturated carbocycles. The minimum Gasteiger partial charge on any atom is -0.0845 e. The van der Waals surface area contributed by atoms with Crippen molar-refractivity contribution in [3.8, 4) is 0 Å². The van der Waals surface area contributed by atoms with Gasteiger partial charge in [0.05, 0.1) is 5.41 Å². The summed E-state index contributed by atoms with van der Waals surface area (Å²) >= 11 is 3.99. The summed E-state index contributed by atoms with van der Waals surface area (Å²) in [6.07, 6.45) is 15.7. The van der Waals surface area contributed by atoms with Gasteiger partial charge in [0.1, 0.15) is 0 Å². The lowest BCUT2D eigenvalue weighted by Crippen LogP contribution is -2.32. The molecule has 0 aliphatic heterocycles. The second kappa shape index (κ2) is 7.62. The molecular weight excluding hydrogens is 440 g/mol. The van der Waals surface area contributed by atoms with E-state index in [1.807, 2.05) is 0 Å². The van der Waals surface area contributed by atoms with Crippen molar-refractivity contribution in [3.05, 3.63) is 106 Å². The van der Waals surface area contributed by atoms with Gasteiger partial charge in [0.2, 0.25) is 0 Å². The molecule has 0 nitrogen and oxygen atoms in total. The van der Waals surface area contributed by atoms with E-state index in [-0.39, 0.29) is 5.41 Å². The number of hydrogen-bond acceptors (Lipinski definition) is 0. The molecule has 0 aromatic heterocycles. The van der Waals surface area contributed by atoms with Gasteiger partial charge in [-0.3, -0.25) is 0 Å². The normalized spacial score (nSPS) is 34.1. The molecule has 0 spiro atoms. The summed E-state index contributed by atoms with van der Waals surface area (Å²) in [5.74, 6) is 2.06. The molecule has 1 heteroatoms. The van der Waals surface area contributed by atoms with Crippen LogP contribution in [-0.2, 0) is 5.41 Å². The third kappa shape index (κ3) is 2.92. The van der Waals surface area contributed by atoms with E-state index in [0.717, 1.165) is 5.92 Å². The van der Waals surface area contributed by atoms with Crippen molar-refractivity contribution in [3.63, 3.8) is 0 Å².